The number of thiocarbonyl (C=S) groups is 1. The molecule has 0 aromatic heterocycles. The first-order valence-electron chi connectivity index (χ1n) is 6.61. The molecule has 1 aromatic rings. The highest BCUT2D eigenvalue weighted by Crippen LogP contribution is 2.13. The van der Waals surface area contributed by atoms with Crippen LogP contribution in [-0.4, -0.2) is 30.4 Å². The molecule has 21 heavy (non-hydrogen) atoms. The van der Waals surface area contributed by atoms with E-state index in [1.165, 1.54) is 0 Å². The second-order valence-electron chi connectivity index (χ2n) is 4.56. The molecule has 0 unspecified atom stereocenters. The van der Waals surface area contributed by atoms with E-state index in [9.17, 15) is 4.79 Å². The normalized spacial score (nSPS) is 17.1. The Kier molecular flexibility index (Phi) is 6.21. The molecular weight excluding hydrogens is 356 g/mol. The van der Waals surface area contributed by atoms with Gasteiger partial charge in [-0.15, -0.1) is 0 Å². The van der Waals surface area contributed by atoms with Crippen molar-refractivity contribution in [3.63, 3.8) is 0 Å². The van der Waals surface area contributed by atoms with E-state index in [2.05, 4.69) is 37.4 Å². The van der Waals surface area contributed by atoms with E-state index in [1.807, 2.05) is 12.1 Å². The Balaban J connectivity index is 1.63. The van der Waals surface area contributed by atoms with Gasteiger partial charge in [0.15, 0.2) is 5.11 Å². The minimum Gasteiger partial charge on any atom is -0.376 e. The molecule has 2 amide bonds. The summed E-state index contributed by atoms with van der Waals surface area (Å²) in [6.45, 7) is 1.45. The van der Waals surface area contributed by atoms with Crippen LogP contribution in [0.5, 0.6) is 0 Å². The quantitative estimate of drug-likeness (QED) is 0.483. The van der Waals surface area contributed by atoms with Crippen LogP contribution in [0.2, 0.25) is 0 Å². The van der Waals surface area contributed by atoms with Gasteiger partial charge in [-0.1, -0.05) is 15.9 Å². The van der Waals surface area contributed by atoms with E-state index in [0.717, 1.165) is 23.9 Å². The molecule has 0 aliphatic carbocycles. The third-order valence-corrected chi connectivity index (χ3v) is 3.68. The van der Waals surface area contributed by atoms with Gasteiger partial charge in [-0.3, -0.25) is 5.43 Å². The molecule has 1 heterocycles. The second-order valence-corrected chi connectivity index (χ2v) is 5.88. The summed E-state index contributed by atoms with van der Waals surface area (Å²) in [6.07, 6.45) is 2.31. The first kappa shape index (κ1) is 16.0. The first-order valence-corrected chi connectivity index (χ1v) is 7.81. The molecule has 8 heteroatoms. The molecule has 1 aliphatic heterocycles. The molecule has 1 aromatic carbocycles. The lowest BCUT2D eigenvalue weighted by molar-refractivity contribution is 0.114. The van der Waals surface area contributed by atoms with Crippen LogP contribution in [0.15, 0.2) is 28.7 Å². The summed E-state index contributed by atoms with van der Waals surface area (Å²) in [5.41, 5.74) is 5.79. The number of anilines is 1. The number of halogens is 1. The van der Waals surface area contributed by atoms with Crippen molar-refractivity contribution in [2.75, 3.05) is 18.5 Å². The Bertz CT molecular complexity index is 491. The maximum atomic E-state index is 11.7. The number of benzene rings is 1. The summed E-state index contributed by atoms with van der Waals surface area (Å²) in [6, 6.07) is 6.88. The van der Waals surface area contributed by atoms with Crippen molar-refractivity contribution in [3.05, 3.63) is 28.7 Å². The molecule has 2 rings (SSSR count). The molecule has 6 nitrogen and oxygen atoms in total. The molecule has 114 valence electrons. The minimum atomic E-state index is -0.390. The van der Waals surface area contributed by atoms with E-state index >= 15 is 0 Å². The lowest BCUT2D eigenvalue weighted by Gasteiger charge is -2.14. The van der Waals surface area contributed by atoms with Gasteiger partial charge in [-0.05, 0) is 49.3 Å². The topological polar surface area (TPSA) is 74.4 Å². The van der Waals surface area contributed by atoms with Gasteiger partial charge in [0.05, 0.1) is 6.10 Å². The Morgan fingerprint density at radius 3 is 2.76 bits per heavy atom. The molecule has 0 radical (unpaired) electrons. The van der Waals surface area contributed by atoms with Crippen molar-refractivity contribution < 1.29 is 9.53 Å². The second kappa shape index (κ2) is 8.16. The Hall–Kier alpha value is -1.38. The summed E-state index contributed by atoms with van der Waals surface area (Å²) < 4.78 is 6.41. The van der Waals surface area contributed by atoms with Crippen LogP contribution in [0.25, 0.3) is 0 Å². The van der Waals surface area contributed by atoms with E-state index in [4.69, 9.17) is 17.0 Å². The number of rotatable bonds is 3. The van der Waals surface area contributed by atoms with Crippen molar-refractivity contribution in [2.24, 2.45) is 0 Å². The van der Waals surface area contributed by atoms with Crippen LogP contribution < -0.4 is 21.5 Å². The fourth-order valence-electron chi connectivity index (χ4n) is 1.87. The number of nitrogens with one attached hydrogen (secondary N) is 4. The lowest BCUT2D eigenvalue weighted by Crippen LogP contribution is -2.49. The van der Waals surface area contributed by atoms with Crippen LogP contribution in [0.4, 0.5) is 10.5 Å². The van der Waals surface area contributed by atoms with Gasteiger partial charge in [0, 0.05) is 23.3 Å². The van der Waals surface area contributed by atoms with Crippen LogP contribution in [0.3, 0.4) is 0 Å². The van der Waals surface area contributed by atoms with Gasteiger partial charge in [0.1, 0.15) is 0 Å². The van der Waals surface area contributed by atoms with Gasteiger partial charge in [0.2, 0.25) is 0 Å². The SMILES string of the molecule is O=C(NNC(=S)NC[C@H]1CCCO1)Nc1ccc(Br)cc1. The fourth-order valence-corrected chi connectivity index (χ4v) is 2.26. The number of carbonyl (C=O) groups is 1. The Labute approximate surface area is 137 Å². The van der Waals surface area contributed by atoms with Gasteiger partial charge in [-0.2, -0.15) is 0 Å². The highest BCUT2D eigenvalue weighted by atomic mass is 79.9. The predicted octanol–water partition coefficient (Wildman–Crippen LogP) is 2.13. The zero-order valence-corrected chi connectivity index (χ0v) is 13.7. The summed E-state index contributed by atoms with van der Waals surface area (Å²) in [5.74, 6) is 0. The number of carbonyl (C=O) groups excluding carboxylic acids is 1. The van der Waals surface area contributed by atoms with Crippen molar-refractivity contribution >= 4 is 45.0 Å². The van der Waals surface area contributed by atoms with Gasteiger partial charge >= 0.3 is 6.03 Å². The highest BCUT2D eigenvalue weighted by Gasteiger charge is 2.15. The highest BCUT2D eigenvalue weighted by molar-refractivity contribution is 9.10. The summed E-state index contributed by atoms with van der Waals surface area (Å²) in [7, 11) is 0. The first-order chi connectivity index (χ1) is 10.1. The average molecular weight is 373 g/mol. The van der Waals surface area contributed by atoms with Crippen molar-refractivity contribution in [1.29, 1.82) is 0 Å². The molecule has 0 bridgehead atoms. The number of amides is 2. The molecule has 4 N–H and O–H groups in total. The third-order valence-electron chi connectivity index (χ3n) is 2.91. The van der Waals surface area contributed by atoms with Crippen molar-refractivity contribution in [3.8, 4) is 0 Å². The number of ether oxygens (including phenoxy) is 1. The number of hydrogen-bond acceptors (Lipinski definition) is 3. The standard InChI is InChI=1S/C13H17BrN4O2S/c14-9-3-5-10(6-4-9)16-12(19)17-18-13(21)15-8-11-2-1-7-20-11/h3-6,11H,1-2,7-8H2,(H2,15,18,21)(H2,16,17,19)/t11-/m1/s1. The predicted molar refractivity (Wildman–Crippen MR) is 89.0 cm³/mol. The van der Waals surface area contributed by atoms with E-state index in [-0.39, 0.29) is 6.10 Å². The smallest absolute Gasteiger partial charge is 0.337 e. The fraction of sp³-hybridized carbons (Fsp3) is 0.385. The number of urea groups is 1. The maximum Gasteiger partial charge on any atom is 0.337 e. The summed E-state index contributed by atoms with van der Waals surface area (Å²) >= 11 is 8.39. The van der Waals surface area contributed by atoms with Crippen LogP contribution >= 0.6 is 28.1 Å². The largest absolute Gasteiger partial charge is 0.376 e. The van der Waals surface area contributed by atoms with Crippen LogP contribution in [0, 0.1) is 0 Å². The maximum absolute atomic E-state index is 11.7. The molecular formula is C13H17BrN4O2S. The van der Waals surface area contributed by atoms with Gasteiger partial charge < -0.3 is 15.4 Å². The molecule has 0 spiro atoms. The molecule has 1 atom stereocenters. The molecule has 1 fully saturated rings. The summed E-state index contributed by atoms with van der Waals surface area (Å²) in [4.78, 5) is 11.7. The number of hydrogen-bond donors (Lipinski definition) is 4. The zero-order valence-electron chi connectivity index (χ0n) is 11.3. The van der Waals surface area contributed by atoms with E-state index in [1.54, 1.807) is 12.1 Å². The van der Waals surface area contributed by atoms with Crippen molar-refractivity contribution in [1.82, 2.24) is 16.2 Å². The molecule has 0 saturated carbocycles. The Morgan fingerprint density at radius 2 is 2.10 bits per heavy atom. The Morgan fingerprint density at radius 1 is 1.33 bits per heavy atom. The molecule has 1 saturated heterocycles. The average Bonchev–Trinajstić information content (AvgIpc) is 2.99. The lowest BCUT2D eigenvalue weighted by atomic mass is 10.2. The minimum absolute atomic E-state index is 0.196. The van der Waals surface area contributed by atoms with E-state index in [0.29, 0.717) is 17.3 Å². The number of hydrazine groups is 1. The van der Waals surface area contributed by atoms with Crippen LogP contribution in [0.1, 0.15) is 12.8 Å². The monoisotopic (exact) mass is 372 g/mol. The van der Waals surface area contributed by atoms with E-state index < -0.39 is 6.03 Å². The van der Waals surface area contributed by atoms with Crippen LogP contribution in [-0.2, 0) is 4.74 Å². The third kappa shape index (κ3) is 5.86. The van der Waals surface area contributed by atoms with Gasteiger partial charge in [0.25, 0.3) is 0 Å². The zero-order chi connectivity index (χ0) is 15.1. The van der Waals surface area contributed by atoms with Gasteiger partial charge in [-0.25, -0.2) is 10.2 Å². The molecule has 1 aliphatic rings. The summed E-state index contributed by atoms with van der Waals surface area (Å²) in [5, 5.41) is 6.03. The van der Waals surface area contributed by atoms with Crippen molar-refractivity contribution in [2.45, 2.75) is 18.9 Å².